The number of amides is 2. The zero-order valence-electron chi connectivity index (χ0n) is 12.1. The molecule has 7 nitrogen and oxygen atoms in total. The van der Waals surface area contributed by atoms with E-state index in [1.54, 1.807) is 31.3 Å². The molecule has 22 heavy (non-hydrogen) atoms. The number of benzene rings is 1. The second kappa shape index (κ2) is 6.95. The monoisotopic (exact) mass is 322 g/mol. The van der Waals surface area contributed by atoms with Gasteiger partial charge in [0.05, 0.1) is 13.7 Å². The van der Waals surface area contributed by atoms with Crippen molar-refractivity contribution < 1.29 is 14.3 Å². The van der Waals surface area contributed by atoms with Crippen LogP contribution in [0, 0.1) is 0 Å². The van der Waals surface area contributed by atoms with Gasteiger partial charge in [0.1, 0.15) is 5.56 Å². The van der Waals surface area contributed by atoms with Crippen LogP contribution in [0.2, 0.25) is 5.02 Å². The molecule has 116 valence electrons. The number of methoxy groups -OCH3 is 1. The van der Waals surface area contributed by atoms with E-state index in [9.17, 15) is 9.59 Å². The van der Waals surface area contributed by atoms with Crippen LogP contribution in [0.25, 0.3) is 0 Å². The van der Waals surface area contributed by atoms with Gasteiger partial charge in [-0.1, -0.05) is 17.7 Å². The second-order valence-electron chi connectivity index (χ2n) is 4.47. The maximum absolute atomic E-state index is 12.0. The van der Waals surface area contributed by atoms with Crippen molar-refractivity contribution in [2.75, 3.05) is 19.0 Å². The van der Waals surface area contributed by atoms with Gasteiger partial charge in [-0.05, 0) is 18.2 Å². The highest BCUT2D eigenvalue weighted by Crippen LogP contribution is 2.15. The lowest BCUT2D eigenvalue weighted by atomic mass is 10.3. The Kier molecular flexibility index (Phi) is 5.00. The number of halogens is 1. The van der Waals surface area contributed by atoms with Gasteiger partial charge in [0.15, 0.2) is 0 Å². The molecule has 2 aromatic rings. The maximum Gasteiger partial charge on any atom is 0.258 e. The number of aromatic nitrogens is 2. The van der Waals surface area contributed by atoms with Crippen LogP contribution in [0.5, 0.6) is 5.88 Å². The van der Waals surface area contributed by atoms with Crippen molar-refractivity contribution in [2.24, 2.45) is 7.05 Å². The van der Waals surface area contributed by atoms with Gasteiger partial charge in [-0.25, -0.2) is 0 Å². The maximum atomic E-state index is 12.0. The number of anilines is 1. The predicted molar refractivity (Wildman–Crippen MR) is 82.2 cm³/mol. The highest BCUT2D eigenvalue weighted by molar-refractivity contribution is 6.30. The molecule has 0 aliphatic carbocycles. The SMILES string of the molecule is COc1nn(C)cc1C(=O)NCC(=O)Nc1cccc(Cl)c1. The summed E-state index contributed by atoms with van der Waals surface area (Å²) in [5, 5.41) is 9.63. The molecule has 0 atom stereocenters. The van der Waals surface area contributed by atoms with Crippen molar-refractivity contribution >= 4 is 29.1 Å². The average molecular weight is 323 g/mol. The molecule has 1 aromatic heterocycles. The topological polar surface area (TPSA) is 85.2 Å². The summed E-state index contributed by atoms with van der Waals surface area (Å²) in [5.74, 6) is -0.597. The molecule has 0 unspecified atom stereocenters. The number of nitrogens with zero attached hydrogens (tertiary/aromatic N) is 2. The molecule has 1 heterocycles. The third kappa shape index (κ3) is 3.98. The summed E-state index contributed by atoms with van der Waals surface area (Å²) in [4.78, 5) is 23.8. The molecule has 0 saturated carbocycles. The molecule has 0 spiro atoms. The number of carbonyl (C=O) groups is 2. The minimum Gasteiger partial charge on any atom is -0.479 e. The van der Waals surface area contributed by atoms with Crippen LogP contribution < -0.4 is 15.4 Å². The first kappa shape index (κ1) is 15.8. The first-order chi connectivity index (χ1) is 10.5. The molecule has 0 fully saturated rings. The first-order valence-corrected chi connectivity index (χ1v) is 6.78. The quantitative estimate of drug-likeness (QED) is 0.872. The number of hydrogen-bond acceptors (Lipinski definition) is 4. The van der Waals surface area contributed by atoms with Gasteiger partial charge in [-0.15, -0.1) is 5.10 Å². The summed E-state index contributed by atoms with van der Waals surface area (Å²) in [6.07, 6.45) is 1.52. The molecule has 0 saturated heterocycles. The van der Waals surface area contributed by atoms with E-state index in [1.165, 1.54) is 18.0 Å². The predicted octanol–water partition coefficient (Wildman–Crippen LogP) is 1.45. The fraction of sp³-hybridized carbons (Fsp3) is 0.214. The van der Waals surface area contributed by atoms with E-state index < -0.39 is 5.91 Å². The van der Waals surface area contributed by atoms with Crippen LogP contribution in [0.15, 0.2) is 30.5 Å². The fourth-order valence-corrected chi connectivity index (χ4v) is 1.99. The summed E-state index contributed by atoms with van der Waals surface area (Å²) >= 11 is 5.83. The highest BCUT2D eigenvalue weighted by Gasteiger charge is 2.16. The molecule has 2 amide bonds. The summed E-state index contributed by atoms with van der Waals surface area (Å²) in [6.45, 7) is -0.177. The first-order valence-electron chi connectivity index (χ1n) is 6.41. The van der Waals surface area contributed by atoms with Crippen molar-refractivity contribution in [3.63, 3.8) is 0 Å². The van der Waals surface area contributed by atoms with E-state index >= 15 is 0 Å². The minimum absolute atomic E-state index is 0.177. The van der Waals surface area contributed by atoms with E-state index in [2.05, 4.69) is 15.7 Å². The van der Waals surface area contributed by atoms with E-state index in [-0.39, 0.29) is 23.9 Å². The zero-order chi connectivity index (χ0) is 16.1. The summed E-state index contributed by atoms with van der Waals surface area (Å²) < 4.78 is 6.45. The fourth-order valence-electron chi connectivity index (χ4n) is 1.80. The second-order valence-corrected chi connectivity index (χ2v) is 4.90. The Bertz CT molecular complexity index is 699. The Labute approximate surface area is 132 Å². The molecular weight excluding hydrogens is 308 g/mol. The van der Waals surface area contributed by atoms with Crippen LogP contribution in [0.3, 0.4) is 0 Å². The van der Waals surface area contributed by atoms with Crippen molar-refractivity contribution in [1.29, 1.82) is 0 Å². The zero-order valence-corrected chi connectivity index (χ0v) is 12.8. The van der Waals surface area contributed by atoms with Crippen molar-refractivity contribution in [3.8, 4) is 5.88 Å². The number of hydrogen-bond donors (Lipinski definition) is 2. The Morgan fingerprint density at radius 2 is 2.18 bits per heavy atom. The molecule has 2 rings (SSSR count). The Hall–Kier alpha value is -2.54. The molecule has 8 heteroatoms. The van der Waals surface area contributed by atoms with E-state index in [0.29, 0.717) is 10.7 Å². The third-order valence-corrected chi connectivity index (χ3v) is 2.99. The van der Waals surface area contributed by atoms with Gasteiger partial charge in [0, 0.05) is 24.0 Å². The van der Waals surface area contributed by atoms with Gasteiger partial charge < -0.3 is 15.4 Å². The Balaban J connectivity index is 1.92. The van der Waals surface area contributed by atoms with E-state index in [0.717, 1.165) is 0 Å². The molecule has 0 aliphatic rings. The van der Waals surface area contributed by atoms with Crippen LogP contribution in [0.4, 0.5) is 5.69 Å². The minimum atomic E-state index is -0.439. The lowest BCUT2D eigenvalue weighted by Gasteiger charge is -2.07. The van der Waals surface area contributed by atoms with Crippen molar-refractivity contribution in [2.45, 2.75) is 0 Å². The average Bonchev–Trinajstić information content (AvgIpc) is 2.86. The van der Waals surface area contributed by atoms with Crippen LogP contribution >= 0.6 is 11.6 Å². The number of aryl methyl sites for hydroxylation is 1. The Morgan fingerprint density at radius 3 is 2.86 bits per heavy atom. The van der Waals surface area contributed by atoms with E-state index in [1.807, 2.05) is 0 Å². The third-order valence-electron chi connectivity index (χ3n) is 2.75. The molecule has 0 bridgehead atoms. The molecule has 0 radical (unpaired) electrons. The smallest absolute Gasteiger partial charge is 0.258 e. The summed E-state index contributed by atoms with van der Waals surface area (Å²) in [6, 6.07) is 6.74. The number of rotatable bonds is 5. The lowest BCUT2D eigenvalue weighted by Crippen LogP contribution is -2.32. The van der Waals surface area contributed by atoms with Gasteiger partial charge in [0.2, 0.25) is 11.8 Å². The number of nitrogens with one attached hydrogen (secondary N) is 2. The number of carbonyl (C=O) groups excluding carboxylic acids is 2. The van der Waals surface area contributed by atoms with Crippen LogP contribution in [-0.4, -0.2) is 35.2 Å². The largest absolute Gasteiger partial charge is 0.479 e. The molecular formula is C14H15ClN4O3. The van der Waals surface area contributed by atoms with Crippen molar-refractivity contribution in [3.05, 3.63) is 41.0 Å². The van der Waals surface area contributed by atoms with Gasteiger partial charge in [-0.3, -0.25) is 14.3 Å². The van der Waals surface area contributed by atoms with Gasteiger partial charge in [0.25, 0.3) is 5.91 Å². The summed E-state index contributed by atoms with van der Waals surface area (Å²) in [7, 11) is 3.09. The highest BCUT2D eigenvalue weighted by atomic mass is 35.5. The number of ether oxygens (including phenoxy) is 1. The summed E-state index contributed by atoms with van der Waals surface area (Å²) in [5.41, 5.74) is 0.825. The van der Waals surface area contributed by atoms with Crippen LogP contribution in [0.1, 0.15) is 10.4 Å². The standard InChI is InChI=1S/C14H15ClN4O3/c1-19-8-11(14(18-19)22-2)13(21)16-7-12(20)17-10-5-3-4-9(15)6-10/h3-6,8H,7H2,1-2H3,(H,16,21)(H,17,20). The molecule has 2 N–H and O–H groups in total. The Morgan fingerprint density at radius 1 is 1.41 bits per heavy atom. The van der Waals surface area contributed by atoms with E-state index in [4.69, 9.17) is 16.3 Å². The molecule has 1 aromatic carbocycles. The van der Waals surface area contributed by atoms with Gasteiger partial charge in [-0.2, -0.15) is 0 Å². The van der Waals surface area contributed by atoms with Crippen molar-refractivity contribution in [1.82, 2.24) is 15.1 Å². The van der Waals surface area contributed by atoms with Crippen LogP contribution in [-0.2, 0) is 11.8 Å². The lowest BCUT2D eigenvalue weighted by molar-refractivity contribution is -0.115. The van der Waals surface area contributed by atoms with Gasteiger partial charge >= 0.3 is 0 Å². The molecule has 0 aliphatic heterocycles. The normalized spacial score (nSPS) is 10.1.